The second-order valence-corrected chi connectivity index (χ2v) is 7.21. The molecular weight excluding hydrogens is 384 g/mol. The molecule has 0 unspecified atom stereocenters. The lowest BCUT2D eigenvalue weighted by molar-refractivity contribution is -0.133. The molecular formula is C19H23ClN4O4. The minimum atomic E-state index is -0.487. The van der Waals surface area contributed by atoms with Crippen molar-refractivity contribution in [1.82, 2.24) is 15.2 Å². The lowest BCUT2D eigenvalue weighted by Gasteiger charge is -2.24. The standard InChI is InChI=1S/C19H23ClN4O4/c1-2-27-19(26)12-8-16(17(20)22-10-12)28-11-13-5-6-15(23-13)18(25)24-7-3-4-14(24)9-21/h8,10,13-15,23H,2-7,11H2,1H3/t13-,14+,15+/m1/s1. The van der Waals surface area contributed by atoms with Gasteiger partial charge in [0.2, 0.25) is 5.91 Å². The average Bonchev–Trinajstić information content (AvgIpc) is 3.36. The summed E-state index contributed by atoms with van der Waals surface area (Å²) in [5, 5.41) is 12.6. The number of carbonyl (C=O) groups excluding carboxylic acids is 2. The predicted octanol–water partition coefficient (Wildman–Crippen LogP) is 1.93. The fourth-order valence-electron chi connectivity index (χ4n) is 3.56. The maximum atomic E-state index is 12.7. The number of nitriles is 1. The monoisotopic (exact) mass is 406 g/mol. The van der Waals surface area contributed by atoms with E-state index in [4.69, 9.17) is 21.1 Å². The number of nitrogens with one attached hydrogen (secondary N) is 1. The Bertz CT molecular complexity index is 782. The molecule has 2 saturated heterocycles. The van der Waals surface area contributed by atoms with Gasteiger partial charge in [-0.25, -0.2) is 9.78 Å². The second kappa shape index (κ2) is 9.22. The van der Waals surface area contributed by atoms with Crippen molar-refractivity contribution < 1.29 is 19.1 Å². The van der Waals surface area contributed by atoms with E-state index in [0.29, 0.717) is 25.3 Å². The third-order valence-electron chi connectivity index (χ3n) is 4.98. The summed E-state index contributed by atoms with van der Waals surface area (Å²) in [5.41, 5.74) is 0.269. The average molecular weight is 407 g/mol. The van der Waals surface area contributed by atoms with Gasteiger partial charge in [0.1, 0.15) is 12.6 Å². The normalized spacial score (nSPS) is 24.0. The SMILES string of the molecule is CCOC(=O)c1cnc(Cl)c(OC[C@H]2CC[C@@H](C(=O)N3CCC[C@H]3C#N)N2)c1. The highest BCUT2D eigenvalue weighted by molar-refractivity contribution is 6.30. The molecule has 0 bridgehead atoms. The molecule has 9 heteroatoms. The second-order valence-electron chi connectivity index (χ2n) is 6.86. The highest BCUT2D eigenvalue weighted by Crippen LogP contribution is 2.25. The number of ether oxygens (including phenoxy) is 2. The first-order valence-electron chi connectivity index (χ1n) is 9.45. The Morgan fingerprint density at radius 2 is 2.25 bits per heavy atom. The van der Waals surface area contributed by atoms with E-state index in [2.05, 4.69) is 16.4 Å². The van der Waals surface area contributed by atoms with Crippen molar-refractivity contribution in [3.63, 3.8) is 0 Å². The molecule has 2 fully saturated rings. The molecule has 150 valence electrons. The van der Waals surface area contributed by atoms with Crippen molar-refractivity contribution in [1.29, 1.82) is 5.26 Å². The van der Waals surface area contributed by atoms with E-state index in [1.165, 1.54) is 12.3 Å². The number of esters is 1. The first-order chi connectivity index (χ1) is 13.5. The molecule has 1 N–H and O–H groups in total. The van der Waals surface area contributed by atoms with Crippen molar-refractivity contribution in [2.75, 3.05) is 19.8 Å². The minimum absolute atomic E-state index is 0.0180. The zero-order chi connectivity index (χ0) is 20.1. The van der Waals surface area contributed by atoms with E-state index in [1.54, 1.807) is 11.8 Å². The Balaban J connectivity index is 1.55. The van der Waals surface area contributed by atoms with E-state index >= 15 is 0 Å². The molecule has 3 heterocycles. The van der Waals surface area contributed by atoms with Crippen LogP contribution < -0.4 is 10.1 Å². The summed E-state index contributed by atoms with van der Waals surface area (Å²) in [5.74, 6) is -0.206. The van der Waals surface area contributed by atoms with Crippen LogP contribution in [0.4, 0.5) is 0 Å². The number of hydrogen-bond acceptors (Lipinski definition) is 7. The summed E-state index contributed by atoms with van der Waals surface area (Å²) in [6.45, 7) is 2.92. The van der Waals surface area contributed by atoms with Crippen molar-refractivity contribution in [2.45, 2.75) is 50.7 Å². The van der Waals surface area contributed by atoms with Gasteiger partial charge < -0.3 is 14.4 Å². The third-order valence-corrected chi connectivity index (χ3v) is 5.27. The van der Waals surface area contributed by atoms with Gasteiger partial charge in [-0.15, -0.1) is 0 Å². The quantitative estimate of drug-likeness (QED) is 0.568. The van der Waals surface area contributed by atoms with Gasteiger partial charge in [-0.05, 0) is 38.7 Å². The molecule has 0 radical (unpaired) electrons. The van der Waals surface area contributed by atoms with Gasteiger partial charge in [0.25, 0.3) is 0 Å². The topological polar surface area (TPSA) is 105 Å². The van der Waals surface area contributed by atoms with Crippen LogP contribution in [0.3, 0.4) is 0 Å². The molecule has 3 atom stereocenters. The first kappa shape index (κ1) is 20.4. The molecule has 8 nitrogen and oxygen atoms in total. The number of pyridine rings is 1. The maximum absolute atomic E-state index is 12.7. The molecule has 1 aromatic heterocycles. The van der Waals surface area contributed by atoms with Crippen molar-refractivity contribution in [3.8, 4) is 11.8 Å². The molecule has 2 aliphatic heterocycles. The summed E-state index contributed by atoms with van der Waals surface area (Å²) < 4.78 is 10.7. The molecule has 0 aromatic carbocycles. The summed E-state index contributed by atoms with van der Waals surface area (Å²) in [6, 6.07) is 3.05. The Kier molecular flexibility index (Phi) is 6.70. The molecule has 28 heavy (non-hydrogen) atoms. The smallest absolute Gasteiger partial charge is 0.339 e. The molecule has 0 spiro atoms. The maximum Gasteiger partial charge on any atom is 0.339 e. The fraction of sp³-hybridized carbons (Fsp3) is 0.579. The van der Waals surface area contributed by atoms with Crippen LogP contribution in [0, 0.1) is 11.3 Å². The van der Waals surface area contributed by atoms with Gasteiger partial charge in [0.05, 0.1) is 24.3 Å². The number of amides is 1. The number of hydrogen-bond donors (Lipinski definition) is 1. The largest absolute Gasteiger partial charge is 0.489 e. The Morgan fingerprint density at radius 3 is 3.00 bits per heavy atom. The predicted molar refractivity (Wildman–Crippen MR) is 101 cm³/mol. The molecule has 2 aliphatic rings. The van der Waals surface area contributed by atoms with Gasteiger partial charge in [0, 0.05) is 18.8 Å². The van der Waals surface area contributed by atoms with E-state index in [1.807, 2.05) is 0 Å². The summed E-state index contributed by atoms with van der Waals surface area (Å²) in [6.07, 6.45) is 4.41. The zero-order valence-corrected chi connectivity index (χ0v) is 16.4. The zero-order valence-electron chi connectivity index (χ0n) is 15.7. The van der Waals surface area contributed by atoms with Crippen molar-refractivity contribution >= 4 is 23.5 Å². The van der Waals surface area contributed by atoms with Crippen LogP contribution in [0.2, 0.25) is 5.15 Å². The lowest BCUT2D eigenvalue weighted by atomic mass is 10.1. The van der Waals surface area contributed by atoms with E-state index in [9.17, 15) is 14.9 Å². The third kappa shape index (κ3) is 4.54. The molecule has 0 saturated carbocycles. The fourth-order valence-corrected chi connectivity index (χ4v) is 3.71. The number of aromatic nitrogens is 1. The minimum Gasteiger partial charge on any atom is -0.489 e. The number of nitrogens with zero attached hydrogens (tertiary/aromatic N) is 3. The van der Waals surface area contributed by atoms with Gasteiger partial charge in [-0.2, -0.15) is 5.26 Å². The summed E-state index contributed by atoms with van der Waals surface area (Å²) >= 11 is 6.06. The van der Waals surface area contributed by atoms with Crippen molar-refractivity contribution in [2.24, 2.45) is 0 Å². The van der Waals surface area contributed by atoms with Crippen LogP contribution in [-0.4, -0.2) is 59.6 Å². The van der Waals surface area contributed by atoms with E-state index in [0.717, 1.165) is 19.3 Å². The van der Waals surface area contributed by atoms with E-state index in [-0.39, 0.29) is 41.4 Å². The van der Waals surface area contributed by atoms with Gasteiger partial charge in [0.15, 0.2) is 10.9 Å². The first-order valence-corrected chi connectivity index (χ1v) is 9.83. The molecule has 1 aromatic rings. The molecule has 1 amide bonds. The lowest BCUT2D eigenvalue weighted by Crippen LogP contribution is -2.47. The summed E-state index contributed by atoms with van der Waals surface area (Å²) in [7, 11) is 0. The Hall–Kier alpha value is -2.37. The van der Waals surface area contributed by atoms with Gasteiger partial charge >= 0.3 is 5.97 Å². The van der Waals surface area contributed by atoms with Crippen LogP contribution in [-0.2, 0) is 9.53 Å². The Labute approximate surface area is 168 Å². The highest BCUT2D eigenvalue weighted by atomic mass is 35.5. The number of halogens is 1. The van der Waals surface area contributed by atoms with Crippen LogP contribution in [0.5, 0.6) is 5.75 Å². The van der Waals surface area contributed by atoms with Gasteiger partial charge in [-0.3, -0.25) is 10.1 Å². The van der Waals surface area contributed by atoms with Crippen LogP contribution in [0.25, 0.3) is 0 Å². The number of carbonyl (C=O) groups is 2. The van der Waals surface area contributed by atoms with Crippen LogP contribution in [0.1, 0.15) is 43.0 Å². The van der Waals surface area contributed by atoms with Crippen LogP contribution in [0.15, 0.2) is 12.3 Å². The highest BCUT2D eigenvalue weighted by Gasteiger charge is 2.37. The number of likely N-dealkylation sites (tertiary alicyclic amines) is 1. The van der Waals surface area contributed by atoms with E-state index < -0.39 is 5.97 Å². The Morgan fingerprint density at radius 1 is 1.43 bits per heavy atom. The molecule has 3 rings (SSSR count). The molecule has 0 aliphatic carbocycles. The van der Waals surface area contributed by atoms with Crippen LogP contribution >= 0.6 is 11.6 Å². The number of rotatable bonds is 6. The van der Waals surface area contributed by atoms with Gasteiger partial charge in [-0.1, -0.05) is 11.6 Å². The van der Waals surface area contributed by atoms with Crippen molar-refractivity contribution in [3.05, 3.63) is 23.0 Å². The summed E-state index contributed by atoms with van der Waals surface area (Å²) in [4.78, 5) is 30.1.